The van der Waals surface area contributed by atoms with Crippen molar-refractivity contribution in [2.75, 3.05) is 6.54 Å². The Morgan fingerprint density at radius 2 is 1.79 bits per heavy atom. The second-order valence-corrected chi connectivity index (χ2v) is 8.36. The Balaban J connectivity index is 1.43. The smallest absolute Gasteiger partial charge is 0.263 e. The average Bonchev–Trinajstić information content (AvgIpc) is 3.28. The standard InChI is InChI=1S/C22H23N3O3S/c1-15-7-9-17(10-8-15)19-23-18(14-29-19)13-25-21(27)20(26)24(22(25)28)12-11-16-5-3-2-4-6-16/h5,7-10,14H,2-4,6,11-13H2,1H3. The Labute approximate surface area is 173 Å². The first-order valence-electron chi connectivity index (χ1n) is 9.89. The van der Waals surface area contributed by atoms with Crippen molar-refractivity contribution in [2.45, 2.75) is 45.6 Å². The number of rotatable bonds is 6. The third kappa shape index (κ3) is 4.15. The Morgan fingerprint density at radius 3 is 2.52 bits per heavy atom. The maximum absolute atomic E-state index is 12.7. The van der Waals surface area contributed by atoms with Gasteiger partial charge in [0.05, 0.1) is 12.2 Å². The van der Waals surface area contributed by atoms with Gasteiger partial charge < -0.3 is 0 Å². The molecule has 1 saturated heterocycles. The van der Waals surface area contributed by atoms with Crippen LogP contribution in [0.25, 0.3) is 10.6 Å². The molecule has 6 nitrogen and oxygen atoms in total. The monoisotopic (exact) mass is 409 g/mol. The van der Waals surface area contributed by atoms with Gasteiger partial charge in [-0.05, 0) is 39.0 Å². The van der Waals surface area contributed by atoms with E-state index in [1.165, 1.54) is 28.9 Å². The summed E-state index contributed by atoms with van der Waals surface area (Å²) in [6.07, 6.45) is 7.23. The van der Waals surface area contributed by atoms with Crippen LogP contribution in [0.5, 0.6) is 0 Å². The number of thiazole rings is 1. The van der Waals surface area contributed by atoms with Crippen molar-refractivity contribution in [3.05, 3.63) is 52.6 Å². The Morgan fingerprint density at radius 1 is 1.03 bits per heavy atom. The van der Waals surface area contributed by atoms with E-state index in [-0.39, 0.29) is 13.1 Å². The van der Waals surface area contributed by atoms with Crippen molar-refractivity contribution >= 4 is 29.2 Å². The summed E-state index contributed by atoms with van der Waals surface area (Å²) < 4.78 is 0. The number of allylic oxidation sites excluding steroid dienone is 1. The number of amides is 4. The second-order valence-electron chi connectivity index (χ2n) is 7.50. The average molecular weight is 410 g/mol. The summed E-state index contributed by atoms with van der Waals surface area (Å²) in [5.74, 6) is -1.50. The summed E-state index contributed by atoms with van der Waals surface area (Å²) in [5, 5.41) is 2.65. The summed E-state index contributed by atoms with van der Waals surface area (Å²) in [6.45, 7) is 2.30. The molecule has 29 heavy (non-hydrogen) atoms. The lowest BCUT2D eigenvalue weighted by Gasteiger charge is -2.17. The molecule has 4 rings (SSSR count). The van der Waals surface area contributed by atoms with Gasteiger partial charge in [-0.25, -0.2) is 14.7 Å². The van der Waals surface area contributed by atoms with Gasteiger partial charge in [0, 0.05) is 17.5 Å². The van der Waals surface area contributed by atoms with Gasteiger partial charge in [-0.2, -0.15) is 0 Å². The molecule has 0 unspecified atom stereocenters. The van der Waals surface area contributed by atoms with Crippen LogP contribution in [0.3, 0.4) is 0 Å². The zero-order chi connectivity index (χ0) is 20.4. The van der Waals surface area contributed by atoms with Gasteiger partial charge in [-0.15, -0.1) is 11.3 Å². The molecule has 0 atom stereocenters. The van der Waals surface area contributed by atoms with Crippen LogP contribution in [0, 0.1) is 6.92 Å². The lowest BCUT2D eigenvalue weighted by Crippen LogP contribution is -2.34. The molecule has 2 heterocycles. The van der Waals surface area contributed by atoms with Crippen LogP contribution in [-0.2, 0) is 16.1 Å². The van der Waals surface area contributed by atoms with Gasteiger partial charge in [0.1, 0.15) is 5.01 Å². The van der Waals surface area contributed by atoms with E-state index in [1.54, 1.807) is 0 Å². The van der Waals surface area contributed by atoms with Crippen LogP contribution in [-0.4, -0.2) is 39.2 Å². The van der Waals surface area contributed by atoms with Crippen LogP contribution in [0.15, 0.2) is 41.3 Å². The van der Waals surface area contributed by atoms with Gasteiger partial charge in [-0.1, -0.05) is 41.5 Å². The first kappa shape index (κ1) is 19.5. The van der Waals surface area contributed by atoms with Crippen molar-refractivity contribution < 1.29 is 14.4 Å². The van der Waals surface area contributed by atoms with Crippen LogP contribution in [0.2, 0.25) is 0 Å². The van der Waals surface area contributed by atoms with E-state index in [1.807, 2.05) is 36.6 Å². The highest BCUT2D eigenvalue weighted by Gasteiger charge is 2.44. The molecule has 1 aliphatic heterocycles. The fraction of sp³-hybridized carbons (Fsp3) is 0.364. The third-order valence-corrected chi connectivity index (χ3v) is 6.29. The summed E-state index contributed by atoms with van der Waals surface area (Å²) in [6, 6.07) is 7.48. The van der Waals surface area contributed by atoms with Gasteiger partial charge >= 0.3 is 17.8 Å². The molecule has 4 amide bonds. The maximum Gasteiger partial charge on any atom is 0.334 e. The summed E-state index contributed by atoms with van der Waals surface area (Å²) in [5.41, 5.74) is 4.03. The van der Waals surface area contributed by atoms with E-state index in [4.69, 9.17) is 0 Å². The van der Waals surface area contributed by atoms with Crippen molar-refractivity contribution in [3.8, 4) is 10.6 Å². The van der Waals surface area contributed by atoms with E-state index in [2.05, 4.69) is 11.1 Å². The molecule has 2 aliphatic rings. The van der Waals surface area contributed by atoms with E-state index < -0.39 is 17.8 Å². The first-order valence-corrected chi connectivity index (χ1v) is 10.8. The number of hydrogen-bond acceptors (Lipinski definition) is 5. The third-order valence-electron chi connectivity index (χ3n) is 5.35. The molecule has 0 spiro atoms. The largest absolute Gasteiger partial charge is 0.334 e. The Kier molecular flexibility index (Phi) is 5.58. The molecule has 0 N–H and O–H groups in total. The fourth-order valence-corrected chi connectivity index (χ4v) is 4.46. The molecule has 1 aromatic heterocycles. The number of urea groups is 1. The Bertz CT molecular complexity index is 977. The number of imide groups is 2. The molecule has 0 radical (unpaired) electrons. The minimum absolute atomic E-state index is 0.0188. The highest BCUT2D eigenvalue weighted by atomic mass is 32.1. The molecule has 2 aromatic rings. The lowest BCUT2D eigenvalue weighted by molar-refractivity contribution is -0.143. The van der Waals surface area contributed by atoms with Crippen molar-refractivity contribution in [1.82, 2.24) is 14.8 Å². The molecule has 0 saturated carbocycles. The van der Waals surface area contributed by atoms with E-state index in [0.717, 1.165) is 39.6 Å². The van der Waals surface area contributed by atoms with Crippen molar-refractivity contribution in [1.29, 1.82) is 0 Å². The zero-order valence-corrected chi connectivity index (χ0v) is 17.2. The van der Waals surface area contributed by atoms with Gasteiger partial charge in [0.2, 0.25) is 0 Å². The zero-order valence-electron chi connectivity index (χ0n) is 16.4. The first-order chi connectivity index (χ1) is 14.0. The number of aromatic nitrogens is 1. The minimum Gasteiger partial charge on any atom is -0.263 e. The Hall–Kier alpha value is -2.80. The molecule has 1 aliphatic carbocycles. The highest BCUT2D eigenvalue weighted by Crippen LogP contribution is 2.26. The highest BCUT2D eigenvalue weighted by molar-refractivity contribution is 7.13. The number of carbonyl (C=O) groups excluding carboxylic acids is 3. The number of hydrogen-bond donors (Lipinski definition) is 0. The molecule has 1 aromatic carbocycles. The molecular formula is C22H23N3O3S. The molecule has 7 heteroatoms. The van der Waals surface area contributed by atoms with Crippen molar-refractivity contribution in [2.24, 2.45) is 0 Å². The molecule has 1 fully saturated rings. The SMILES string of the molecule is Cc1ccc(-c2nc(CN3C(=O)C(=O)N(CCC4=CCCCC4)C3=O)cs2)cc1. The fourth-order valence-electron chi connectivity index (χ4n) is 3.64. The molecule has 150 valence electrons. The predicted molar refractivity (Wildman–Crippen MR) is 111 cm³/mol. The predicted octanol–water partition coefficient (Wildman–Crippen LogP) is 4.30. The van der Waals surface area contributed by atoms with Crippen LogP contribution in [0.1, 0.15) is 43.4 Å². The van der Waals surface area contributed by atoms with Crippen molar-refractivity contribution in [3.63, 3.8) is 0 Å². The maximum atomic E-state index is 12.7. The van der Waals surface area contributed by atoms with Gasteiger partial charge in [0.25, 0.3) is 0 Å². The van der Waals surface area contributed by atoms with E-state index in [0.29, 0.717) is 12.1 Å². The van der Waals surface area contributed by atoms with E-state index in [9.17, 15) is 14.4 Å². The molecular weight excluding hydrogens is 386 g/mol. The molecule has 0 bridgehead atoms. The number of aryl methyl sites for hydroxylation is 1. The van der Waals surface area contributed by atoms with Gasteiger partial charge in [0.15, 0.2) is 0 Å². The van der Waals surface area contributed by atoms with E-state index >= 15 is 0 Å². The van der Waals surface area contributed by atoms with Gasteiger partial charge in [-0.3, -0.25) is 14.5 Å². The quantitative estimate of drug-likeness (QED) is 0.405. The number of carbonyl (C=O) groups is 3. The number of nitrogens with zero attached hydrogens (tertiary/aromatic N) is 3. The van der Waals surface area contributed by atoms with Crippen LogP contribution in [0.4, 0.5) is 4.79 Å². The van der Waals surface area contributed by atoms with Crippen LogP contribution < -0.4 is 0 Å². The summed E-state index contributed by atoms with van der Waals surface area (Å²) in [7, 11) is 0. The second kappa shape index (κ2) is 8.29. The van der Waals surface area contributed by atoms with Crippen LogP contribution >= 0.6 is 11.3 Å². The minimum atomic E-state index is -0.766. The number of benzene rings is 1. The topological polar surface area (TPSA) is 70.6 Å². The normalized spacial score (nSPS) is 17.3. The summed E-state index contributed by atoms with van der Waals surface area (Å²) >= 11 is 1.46. The lowest BCUT2D eigenvalue weighted by atomic mass is 9.97. The summed E-state index contributed by atoms with van der Waals surface area (Å²) in [4.78, 5) is 44.0.